The summed E-state index contributed by atoms with van der Waals surface area (Å²) >= 11 is 0. The number of hydrogen-bond acceptors (Lipinski definition) is 2. The van der Waals surface area contributed by atoms with Crippen molar-refractivity contribution in [3.63, 3.8) is 0 Å². The minimum Gasteiger partial charge on any atom is -0.412 e. The number of rotatable bonds is 3. The van der Waals surface area contributed by atoms with E-state index in [2.05, 4.69) is 0 Å². The van der Waals surface area contributed by atoms with Gasteiger partial charge in [0.25, 0.3) is 0 Å². The maximum atomic E-state index is 10.2. The molecule has 0 aliphatic carbocycles. The summed E-state index contributed by atoms with van der Waals surface area (Å²) in [5.74, 6) is 0.167. The van der Waals surface area contributed by atoms with Crippen LogP contribution in [0, 0.1) is 0 Å². The monoisotopic (exact) mass is 132 g/mol. The van der Waals surface area contributed by atoms with Crippen molar-refractivity contribution >= 4 is 11.6 Å². The molecule has 54 valence electrons. The van der Waals surface area contributed by atoms with Crippen LogP contribution in [0.1, 0.15) is 26.7 Å². The Balaban J connectivity index is 0. The Labute approximate surface area is 54.4 Å². The molecule has 0 unspecified atom stereocenters. The number of carbonyl (C=O) groups excluding carboxylic acids is 2. The fraction of sp³-hybridized carbons (Fsp3) is 0.667. The average molecular weight is 132 g/mol. The van der Waals surface area contributed by atoms with E-state index in [-0.39, 0.29) is 17.0 Å². The molecule has 0 fully saturated rings. The second-order valence-electron chi connectivity index (χ2n) is 1.90. The molecule has 0 aliphatic rings. The Morgan fingerprint density at radius 3 is 1.33 bits per heavy atom. The molecule has 0 atom stereocenters. The molecule has 0 aliphatic heterocycles. The van der Waals surface area contributed by atoms with Crippen LogP contribution in [-0.4, -0.2) is 17.0 Å². The average Bonchev–Trinajstić information content (AvgIpc) is 1.61. The van der Waals surface area contributed by atoms with Crippen molar-refractivity contribution in [1.82, 2.24) is 0 Å². The lowest BCUT2D eigenvalue weighted by Crippen LogP contribution is -1.95. The standard InChI is InChI=1S/C6H10O2.H2O/c1-5(7)3-4-6(2)8;/h3-4H2,1-2H3;1H2. The van der Waals surface area contributed by atoms with Gasteiger partial charge in [-0.3, -0.25) is 0 Å². The van der Waals surface area contributed by atoms with Gasteiger partial charge in [0.2, 0.25) is 0 Å². The third-order valence-corrected chi connectivity index (χ3v) is 0.829. The minimum absolute atomic E-state index is 0. The van der Waals surface area contributed by atoms with Gasteiger partial charge in [-0.05, 0) is 13.8 Å². The van der Waals surface area contributed by atoms with Gasteiger partial charge in [0.05, 0.1) is 0 Å². The predicted octanol–water partition coefficient (Wildman–Crippen LogP) is 0.120. The fourth-order valence-corrected chi connectivity index (χ4v) is 0.352. The highest BCUT2D eigenvalue weighted by atomic mass is 16.1. The maximum Gasteiger partial charge on any atom is 0.130 e. The van der Waals surface area contributed by atoms with E-state index in [4.69, 9.17) is 0 Å². The second kappa shape index (κ2) is 5.44. The van der Waals surface area contributed by atoms with E-state index < -0.39 is 0 Å². The number of carbonyl (C=O) groups is 2. The molecule has 2 N–H and O–H groups in total. The Kier molecular flexibility index (Phi) is 6.73. The molecule has 0 spiro atoms. The first-order valence-electron chi connectivity index (χ1n) is 2.62. The zero-order chi connectivity index (χ0) is 6.57. The Hall–Kier alpha value is -0.700. The van der Waals surface area contributed by atoms with Crippen molar-refractivity contribution in [2.24, 2.45) is 0 Å². The van der Waals surface area contributed by atoms with Crippen LogP contribution in [0.3, 0.4) is 0 Å². The van der Waals surface area contributed by atoms with Gasteiger partial charge in [-0.15, -0.1) is 0 Å². The molecule has 0 aromatic rings. The van der Waals surface area contributed by atoms with E-state index in [0.29, 0.717) is 12.8 Å². The third-order valence-electron chi connectivity index (χ3n) is 0.829. The zero-order valence-corrected chi connectivity index (χ0v) is 5.73. The molecule has 0 heterocycles. The summed E-state index contributed by atoms with van der Waals surface area (Å²) in [4.78, 5) is 20.4. The third kappa shape index (κ3) is 11.1. The summed E-state index contributed by atoms with van der Waals surface area (Å²) in [6, 6.07) is 0. The van der Waals surface area contributed by atoms with Crippen LogP contribution >= 0.6 is 0 Å². The van der Waals surface area contributed by atoms with Crippen LogP contribution in [0.4, 0.5) is 0 Å². The molecule has 0 saturated heterocycles. The summed E-state index contributed by atoms with van der Waals surface area (Å²) in [5, 5.41) is 0. The van der Waals surface area contributed by atoms with E-state index in [1.54, 1.807) is 0 Å². The quantitative estimate of drug-likeness (QED) is 0.547. The van der Waals surface area contributed by atoms with Crippen LogP contribution in [-0.2, 0) is 9.59 Å². The van der Waals surface area contributed by atoms with Crippen LogP contribution < -0.4 is 0 Å². The Bertz CT molecular complexity index is 92.9. The normalized spacial score (nSPS) is 7.78. The van der Waals surface area contributed by atoms with Crippen molar-refractivity contribution in [2.45, 2.75) is 26.7 Å². The molecule has 0 radical (unpaired) electrons. The lowest BCUT2D eigenvalue weighted by molar-refractivity contribution is -0.122. The number of Topliss-reactive ketones (excluding diaryl/α,β-unsaturated/α-hetero) is 2. The van der Waals surface area contributed by atoms with Crippen LogP contribution in [0.5, 0.6) is 0 Å². The van der Waals surface area contributed by atoms with Crippen molar-refractivity contribution in [1.29, 1.82) is 0 Å². The predicted molar refractivity (Wildman–Crippen MR) is 34.2 cm³/mol. The van der Waals surface area contributed by atoms with Gasteiger partial charge < -0.3 is 15.1 Å². The van der Waals surface area contributed by atoms with Crippen molar-refractivity contribution in [3.8, 4) is 0 Å². The van der Waals surface area contributed by atoms with E-state index in [1.165, 1.54) is 13.8 Å². The Morgan fingerprint density at radius 2 is 1.22 bits per heavy atom. The molecule has 0 aromatic carbocycles. The van der Waals surface area contributed by atoms with Crippen LogP contribution in [0.2, 0.25) is 0 Å². The SMILES string of the molecule is CC(=O)CCC(C)=O.O. The van der Waals surface area contributed by atoms with Gasteiger partial charge in [0.1, 0.15) is 11.6 Å². The van der Waals surface area contributed by atoms with E-state index >= 15 is 0 Å². The first-order chi connectivity index (χ1) is 3.63. The minimum atomic E-state index is 0. The van der Waals surface area contributed by atoms with E-state index in [9.17, 15) is 9.59 Å². The zero-order valence-electron chi connectivity index (χ0n) is 5.73. The molecule has 0 saturated carbocycles. The first-order valence-corrected chi connectivity index (χ1v) is 2.62. The maximum absolute atomic E-state index is 10.2. The van der Waals surface area contributed by atoms with Crippen LogP contribution in [0.25, 0.3) is 0 Å². The van der Waals surface area contributed by atoms with Gasteiger partial charge >= 0.3 is 0 Å². The highest BCUT2D eigenvalue weighted by Gasteiger charge is 1.95. The smallest absolute Gasteiger partial charge is 0.130 e. The van der Waals surface area contributed by atoms with Crippen molar-refractivity contribution in [3.05, 3.63) is 0 Å². The topological polar surface area (TPSA) is 65.6 Å². The second-order valence-corrected chi connectivity index (χ2v) is 1.90. The van der Waals surface area contributed by atoms with Gasteiger partial charge in [0, 0.05) is 12.8 Å². The molecule has 0 amide bonds. The number of hydrogen-bond donors (Lipinski definition) is 0. The first kappa shape index (κ1) is 11.1. The summed E-state index contributed by atoms with van der Waals surface area (Å²) in [5.41, 5.74) is 0. The number of ketones is 2. The van der Waals surface area contributed by atoms with Gasteiger partial charge in [-0.1, -0.05) is 0 Å². The molecule has 9 heavy (non-hydrogen) atoms. The Morgan fingerprint density at radius 1 is 1.00 bits per heavy atom. The lowest BCUT2D eigenvalue weighted by Gasteiger charge is -1.86. The van der Waals surface area contributed by atoms with Gasteiger partial charge in [-0.25, -0.2) is 0 Å². The largest absolute Gasteiger partial charge is 0.412 e. The molecule has 0 rings (SSSR count). The summed E-state index contributed by atoms with van der Waals surface area (Å²) in [6.45, 7) is 2.98. The molecular weight excluding hydrogens is 120 g/mol. The molecule has 0 aromatic heterocycles. The fourth-order valence-electron chi connectivity index (χ4n) is 0.352. The lowest BCUT2D eigenvalue weighted by atomic mass is 10.2. The van der Waals surface area contributed by atoms with Crippen LogP contribution in [0.15, 0.2) is 0 Å². The van der Waals surface area contributed by atoms with Gasteiger partial charge in [-0.2, -0.15) is 0 Å². The van der Waals surface area contributed by atoms with Crippen molar-refractivity contribution in [2.75, 3.05) is 0 Å². The summed E-state index contributed by atoms with van der Waals surface area (Å²) in [7, 11) is 0. The van der Waals surface area contributed by atoms with Gasteiger partial charge in [0.15, 0.2) is 0 Å². The molecular formula is C6H12O3. The highest BCUT2D eigenvalue weighted by Crippen LogP contribution is 1.89. The van der Waals surface area contributed by atoms with E-state index in [1.807, 2.05) is 0 Å². The summed E-state index contributed by atoms with van der Waals surface area (Å²) < 4.78 is 0. The van der Waals surface area contributed by atoms with E-state index in [0.717, 1.165) is 0 Å². The molecule has 3 heteroatoms. The van der Waals surface area contributed by atoms with Crippen molar-refractivity contribution < 1.29 is 15.1 Å². The molecule has 0 bridgehead atoms. The summed E-state index contributed by atoms with van der Waals surface area (Å²) in [6.07, 6.45) is 0.796. The molecule has 3 nitrogen and oxygen atoms in total. The highest BCUT2D eigenvalue weighted by molar-refractivity contribution is 5.83.